The maximum atomic E-state index is 13.1. The zero-order valence-corrected chi connectivity index (χ0v) is 12.2. The number of phenols is 1. The number of rotatable bonds is 3. The van der Waals surface area contributed by atoms with Gasteiger partial charge in [0.25, 0.3) is 0 Å². The van der Waals surface area contributed by atoms with E-state index in [4.69, 9.17) is 5.11 Å². The minimum absolute atomic E-state index is 0. The molecule has 0 saturated carbocycles. The minimum atomic E-state index is -0.665. The third-order valence-corrected chi connectivity index (χ3v) is 3.47. The van der Waals surface area contributed by atoms with Gasteiger partial charge in [-0.3, -0.25) is 4.79 Å². The maximum Gasteiger partial charge on any atom is 0.223 e. The molecule has 20 heavy (non-hydrogen) atoms. The van der Waals surface area contributed by atoms with Gasteiger partial charge in [-0.15, -0.1) is 12.4 Å². The molecule has 112 valence electrons. The normalized spacial score (nSPS) is 21.9. The number of phenolic OH excluding ortho intramolecular Hbond substituents is 1. The number of piperidine rings is 1. The van der Waals surface area contributed by atoms with Crippen LogP contribution in [-0.4, -0.2) is 23.6 Å². The van der Waals surface area contributed by atoms with Gasteiger partial charge in [0, 0.05) is 18.5 Å². The fourth-order valence-corrected chi connectivity index (χ4v) is 2.36. The number of hydrogen-bond donors (Lipinski definition) is 3. The van der Waals surface area contributed by atoms with Crippen molar-refractivity contribution in [3.8, 4) is 5.75 Å². The predicted molar refractivity (Wildman–Crippen MR) is 77.3 cm³/mol. The summed E-state index contributed by atoms with van der Waals surface area (Å²) in [6.07, 6.45) is 1.66. The Morgan fingerprint density at radius 3 is 2.95 bits per heavy atom. The third-order valence-electron chi connectivity index (χ3n) is 3.47. The lowest BCUT2D eigenvalue weighted by Gasteiger charge is -2.27. The molecule has 1 aromatic carbocycles. The third kappa shape index (κ3) is 4.35. The SMILES string of the molecule is C[C@H]1C[C@@H](C(=O)NCc2ccc(O)c(F)c2)CCN1.Cl. The van der Waals surface area contributed by atoms with Gasteiger partial charge >= 0.3 is 0 Å². The van der Waals surface area contributed by atoms with Gasteiger partial charge in [-0.2, -0.15) is 0 Å². The van der Waals surface area contributed by atoms with Crippen LogP contribution in [0.3, 0.4) is 0 Å². The standard InChI is InChI=1S/C14H19FN2O2.ClH/c1-9-6-11(4-5-16-9)14(19)17-8-10-2-3-13(18)12(15)7-10;/h2-3,7,9,11,16,18H,4-6,8H2,1H3,(H,17,19);1H/t9-,11-;/m0./s1. The summed E-state index contributed by atoms with van der Waals surface area (Å²) in [6.45, 7) is 3.20. The van der Waals surface area contributed by atoms with Crippen molar-refractivity contribution in [3.05, 3.63) is 29.6 Å². The van der Waals surface area contributed by atoms with Gasteiger partial charge in [0.1, 0.15) is 0 Å². The van der Waals surface area contributed by atoms with Gasteiger partial charge in [-0.05, 0) is 44.0 Å². The van der Waals surface area contributed by atoms with E-state index in [2.05, 4.69) is 17.6 Å². The van der Waals surface area contributed by atoms with Gasteiger partial charge in [-0.1, -0.05) is 6.07 Å². The number of aromatic hydroxyl groups is 1. The van der Waals surface area contributed by atoms with Gasteiger partial charge in [0.2, 0.25) is 5.91 Å². The molecule has 4 nitrogen and oxygen atoms in total. The first kappa shape index (κ1) is 16.7. The van der Waals surface area contributed by atoms with Crippen LogP contribution in [0.1, 0.15) is 25.3 Å². The van der Waals surface area contributed by atoms with Crippen LogP contribution in [-0.2, 0) is 11.3 Å². The van der Waals surface area contributed by atoms with Crippen molar-refractivity contribution in [2.75, 3.05) is 6.54 Å². The van der Waals surface area contributed by atoms with Crippen molar-refractivity contribution in [1.29, 1.82) is 0 Å². The van der Waals surface area contributed by atoms with E-state index in [9.17, 15) is 9.18 Å². The molecule has 0 spiro atoms. The van der Waals surface area contributed by atoms with E-state index in [1.807, 2.05) is 0 Å². The molecule has 0 bridgehead atoms. The summed E-state index contributed by atoms with van der Waals surface area (Å²) < 4.78 is 13.1. The van der Waals surface area contributed by atoms with Crippen LogP contribution >= 0.6 is 12.4 Å². The highest BCUT2D eigenvalue weighted by Crippen LogP contribution is 2.18. The molecule has 1 saturated heterocycles. The van der Waals surface area contributed by atoms with E-state index in [1.54, 1.807) is 6.07 Å². The molecular weight excluding hydrogens is 283 g/mol. The van der Waals surface area contributed by atoms with E-state index in [1.165, 1.54) is 12.1 Å². The summed E-state index contributed by atoms with van der Waals surface area (Å²) in [5, 5.41) is 15.2. The van der Waals surface area contributed by atoms with Crippen LogP contribution in [0.2, 0.25) is 0 Å². The van der Waals surface area contributed by atoms with Crippen LogP contribution in [0.25, 0.3) is 0 Å². The molecule has 1 aliphatic rings. The van der Waals surface area contributed by atoms with Crippen molar-refractivity contribution >= 4 is 18.3 Å². The first-order chi connectivity index (χ1) is 9.06. The fraction of sp³-hybridized carbons (Fsp3) is 0.500. The first-order valence-electron chi connectivity index (χ1n) is 6.54. The highest BCUT2D eigenvalue weighted by atomic mass is 35.5. The van der Waals surface area contributed by atoms with Crippen LogP contribution in [0.4, 0.5) is 4.39 Å². The molecule has 0 aromatic heterocycles. The molecule has 1 fully saturated rings. The minimum Gasteiger partial charge on any atom is -0.505 e. The Morgan fingerprint density at radius 1 is 1.55 bits per heavy atom. The summed E-state index contributed by atoms with van der Waals surface area (Å²) in [4.78, 5) is 12.0. The summed E-state index contributed by atoms with van der Waals surface area (Å²) >= 11 is 0. The molecule has 1 amide bonds. The number of benzene rings is 1. The quantitative estimate of drug-likeness (QED) is 0.800. The maximum absolute atomic E-state index is 13.1. The lowest BCUT2D eigenvalue weighted by Crippen LogP contribution is -2.42. The molecule has 0 aliphatic carbocycles. The molecular formula is C14H20ClFN2O2. The Morgan fingerprint density at radius 2 is 2.30 bits per heavy atom. The monoisotopic (exact) mass is 302 g/mol. The summed E-state index contributed by atoms with van der Waals surface area (Å²) in [5.41, 5.74) is 0.644. The topological polar surface area (TPSA) is 61.4 Å². The largest absolute Gasteiger partial charge is 0.505 e. The number of hydrogen-bond acceptors (Lipinski definition) is 3. The fourth-order valence-electron chi connectivity index (χ4n) is 2.36. The zero-order valence-electron chi connectivity index (χ0n) is 11.4. The van der Waals surface area contributed by atoms with Gasteiger partial charge in [0.15, 0.2) is 11.6 Å². The number of nitrogens with one attached hydrogen (secondary N) is 2. The highest BCUT2D eigenvalue weighted by molar-refractivity contribution is 5.85. The van der Waals surface area contributed by atoms with Crippen LogP contribution in [0.15, 0.2) is 18.2 Å². The number of amides is 1. The zero-order chi connectivity index (χ0) is 13.8. The lowest BCUT2D eigenvalue weighted by atomic mass is 9.92. The number of carbonyl (C=O) groups is 1. The molecule has 1 aliphatic heterocycles. The molecule has 0 unspecified atom stereocenters. The second kappa shape index (κ2) is 7.45. The van der Waals surface area contributed by atoms with Crippen molar-refractivity contribution in [2.24, 2.45) is 5.92 Å². The van der Waals surface area contributed by atoms with Crippen LogP contribution in [0.5, 0.6) is 5.75 Å². The van der Waals surface area contributed by atoms with Gasteiger partial charge < -0.3 is 15.7 Å². The first-order valence-corrected chi connectivity index (χ1v) is 6.54. The molecule has 3 N–H and O–H groups in total. The van der Waals surface area contributed by atoms with Gasteiger partial charge in [0.05, 0.1) is 0 Å². The molecule has 0 radical (unpaired) electrons. The van der Waals surface area contributed by atoms with Crippen LogP contribution in [0, 0.1) is 11.7 Å². The number of carbonyl (C=O) groups excluding carboxylic acids is 1. The molecule has 2 atom stereocenters. The van der Waals surface area contributed by atoms with E-state index in [0.29, 0.717) is 11.6 Å². The average Bonchev–Trinajstić information content (AvgIpc) is 2.40. The second-order valence-corrected chi connectivity index (χ2v) is 5.08. The van der Waals surface area contributed by atoms with E-state index in [-0.39, 0.29) is 36.5 Å². The van der Waals surface area contributed by atoms with Crippen molar-refractivity contribution in [1.82, 2.24) is 10.6 Å². The molecule has 1 heterocycles. The Balaban J connectivity index is 0.00000200. The van der Waals surface area contributed by atoms with E-state index < -0.39 is 5.82 Å². The van der Waals surface area contributed by atoms with E-state index in [0.717, 1.165) is 19.4 Å². The van der Waals surface area contributed by atoms with E-state index >= 15 is 0 Å². The predicted octanol–water partition coefficient (Wildman–Crippen LogP) is 1.96. The highest BCUT2D eigenvalue weighted by Gasteiger charge is 2.24. The average molecular weight is 303 g/mol. The van der Waals surface area contributed by atoms with Gasteiger partial charge in [-0.25, -0.2) is 4.39 Å². The summed E-state index contributed by atoms with van der Waals surface area (Å²) in [7, 11) is 0. The smallest absolute Gasteiger partial charge is 0.223 e. The van der Waals surface area contributed by atoms with Crippen molar-refractivity contribution in [2.45, 2.75) is 32.4 Å². The Bertz CT molecular complexity index is 470. The Labute approximate surface area is 124 Å². The Kier molecular flexibility index (Phi) is 6.23. The van der Waals surface area contributed by atoms with Crippen LogP contribution < -0.4 is 10.6 Å². The molecule has 6 heteroatoms. The lowest BCUT2D eigenvalue weighted by molar-refractivity contribution is -0.126. The summed E-state index contributed by atoms with van der Waals surface area (Å²) in [5.74, 6) is -0.996. The molecule has 1 aromatic rings. The van der Waals surface area contributed by atoms with Crippen molar-refractivity contribution < 1.29 is 14.3 Å². The van der Waals surface area contributed by atoms with Crippen molar-refractivity contribution in [3.63, 3.8) is 0 Å². The summed E-state index contributed by atoms with van der Waals surface area (Å²) in [6, 6.07) is 4.49. The molecule has 2 rings (SSSR count). The second-order valence-electron chi connectivity index (χ2n) is 5.08. The number of halogens is 2. The Hall–Kier alpha value is -1.33.